The van der Waals surface area contributed by atoms with Crippen molar-refractivity contribution in [3.63, 3.8) is 0 Å². The highest BCUT2D eigenvalue weighted by Gasteiger charge is 2.10. The van der Waals surface area contributed by atoms with E-state index in [1.807, 2.05) is 0 Å². The molecule has 0 radical (unpaired) electrons. The number of hydrogen-bond acceptors (Lipinski definition) is 3. The molecule has 0 saturated heterocycles. The number of rotatable bonds is 5. The second kappa shape index (κ2) is 6.74. The Balaban J connectivity index is 1.77. The summed E-state index contributed by atoms with van der Waals surface area (Å²) >= 11 is 0. The molecule has 0 unspecified atom stereocenters. The molecule has 0 fully saturated rings. The molecule has 0 bridgehead atoms. The number of ether oxygens (including phenoxy) is 1. The lowest BCUT2D eigenvalue weighted by atomic mass is 10.3. The van der Waals surface area contributed by atoms with Gasteiger partial charge in [-0.1, -0.05) is 12.1 Å². The number of carbonyl (C=O) groups is 1. The van der Waals surface area contributed by atoms with Crippen LogP contribution in [0.3, 0.4) is 0 Å². The maximum absolute atomic E-state index is 13.4. The van der Waals surface area contributed by atoms with Crippen LogP contribution in [-0.2, 0) is 7.05 Å². The van der Waals surface area contributed by atoms with Gasteiger partial charge >= 0.3 is 6.03 Å². The smallest absolute Gasteiger partial charge is 0.320 e. The quantitative estimate of drug-likeness (QED) is 0.887. The zero-order chi connectivity index (χ0) is 15.2. The van der Waals surface area contributed by atoms with Crippen molar-refractivity contribution in [3.8, 4) is 5.75 Å². The minimum absolute atomic E-state index is 0.164. The highest BCUT2D eigenvalue weighted by Crippen LogP contribution is 2.16. The molecule has 0 aliphatic rings. The number of anilines is 1. The van der Waals surface area contributed by atoms with E-state index in [4.69, 9.17) is 4.74 Å². The summed E-state index contributed by atoms with van der Waals surface area (Å²) in [5, 5.41) is 9.24. The number of benzene rings is 1. The van der Waals surface area contributed by atoms with Gasteiger partial charge in [0, 0.05) is 19.3 Å². The summed E-state index contributed by atoms with van der Waals surface area (Å²) in [4.78, 5) is 11.6. The lowest BCUT2D eigenvalue weighted by Gasteiger charge is -2.15. The molecule has 0 aliphatic carbocycles. The van der Waals surface area contributed by atoms with Crippen molar-refractivity contribution in [3.05, 3.63) is 42.3 Å². The van der Waals surface area contributed by atoms with Crippen LogP contribution in [-0.4, -0.2) is 28.5 Å². The molecule has 7 heteroatoms. The Bertz CT molecular complexity index is 615. The fourth-order valence-electron chi connectivity index (χ4n) is 1.68. The van der Waals surface area contributed by atoms with Gasteiger partial charge in [0.05, 0.1) is 6.54 Å². The molecular formula is C14H17FN4O2. The van der Waals surface area contributed by atoms with Crippen LogP contribution < -0.4 is 15.4 Å². The molecule has 0 aliphatic heterocycles. The van der Waals surface area contributed by atoms with E-state index in [9.17, 15) is 9.18 Å². The van der Waals surface area contributed by atoms with Gasteiger partial charge in [-0.15, -0.1) is 0 Å². The first-order valence-corrected chi connectivity index (χ1v) is 6.50. The number of halogens is 1. The standard InChI is InChI=1S/C14H17FN4O2/c1-10(21-12-6-4-3-5-11(12)15)9-16-14(20)17-13-7-8-19(2)18-13/h3-8,10H,9H2,1-2H3,(H2,16,17,18,20)/t10-/m1/s1. The Morgan fingerprint density at radius 2 is 2.19 bits per heavy atom. The number of carbonyl (C=O) groups excluding carboxylic acids is 1. The number of nitrogens with zero attached hydrogens (tertiary/aromatic N) is 2. The second-order valence-electron chi connectivity index (χ2n) is 4.57. The van der Waals surface area contributed by atoms with E-state index >= 15 is 0 Å². The fraction of sp³-hybridized carbons (Fsp3) is 0.286. The summed E-state index contributed by atoms with van der Waals surface area (Å²) in [5.74, 6) is 0.192. The van der Waals surface area contributed by atoms with Gasteiger partial charge in [-0.2, -0.15) is 5.10 Å². The average molecular weight is 292 g/mol. The van der Waals surface area contributed by atoms with Crippen LogP contribution in [0.25, 0.3) is 0 Å². The van der Waals surface area contributed by atoms with Gasteiger partial charge in [-0.3, -0.25) is 10.00 Å². The normalized spacial score (nSPS) is 11.8. The minimum atomic E-state index is -0.428. The van der Waals surface area contributed by atoms with Crippen LogP contribution in [0, 0.1) is 5.82 Å². The summed E-state index contributed by atoms with van der Waals surface area (Å²) in [5.41, 5.74) is 0. The fourth-order valence-corrected chi connectivity index (χ4v) is 1.68. The van der Waals surface area contributed by atoms with Crippen molar-refractivity contribution in [2.75, 3.05) is 11.9 Å². The second-order valence-corrected chi connectivity index (χ2v) is 4.57. The molecule has 1 aromatic heterocycles. The Hall–Kier alpha value is -2.57. The SMILES string of the molecule is C[C@H](CNC(=O)Nc1ccn(C)n1)Oc1ccccc1F. The van der Waals surface area contributed by atoms with Gasteiger partial charge < -0.3 is 10.1 Å². The number of nitrogens with one attached hydrogen (secondary N) is 2. The Labute approximate surface area is 121 Å². The van der Waals surface area contributed by atoms with Gasteiger partial charge in [0.15, 0.2) is 17.4 Å². The van der Waals surface area contributed by atoms with Crippen molar-refractivity contribution >= 4 is 11.8 Å². The van der Waals surface area contributed by atoms with Crippen LogP contribution in [0.1, 0.15) is 6.92 Å². The van der Waals surface area contributed by atoms with Crippen molar-refractivity contribution < 1.29 is 13.9 Å². The monoisotopic (exact) mass is 292 g/mol. The van der Waals surface area contributed by atoms with Gasteiger partial charge in [0.1, 0.15) is 6.10 Å². The van der Waals surface area contributed by atoms with Gasteiger partial charge in [0.25, 0.3) is 0 Å². The predicted octanol–water partition coefficient (Wildman–Crippen LogP) is 2.15. The maximum atomic E-state index is 13.4. The van der Waals surface area contributed by atoms with E-state index in [1.54, 1.807) is 49.1 Å². The summed E-state index contributed by atoms with van der Waals surface area (Å²) < 4.78 is 20.4. The third-order valence-electron chi connectivity index (χ3n) is 2.67. The van der Waals surface area contributed by atoms with E-state index in [0.717, 1.165) is 0 Å². The highest BCUT2D eigenvalue weighted by molar-refractivity contribution is 5.88. The molecule has 2 aromatic rings. The summed E-state index contributed by atoms with van der Waals surface area (Å²) in [7, 11) is 1.76. The highest BCUT2D eigenvalue weighted by atomic mass is 19.1. The largest absolute Gasteiger partial charge is 0.486 e. The lowest BCUT2D eigenvalue weighted by Crippen LogP contribution is -2.36. The number of hydrogen-bond donors (Lipinski definition) is 2. The molecule has 112 valence electrons. The predicted molar refractivity (Wildman–Crippen MR) is 76.7 cm³/mol. The number of para-hydroxylation sites is 1. The molecule has 1 aromatic carbocycles. The summed E-state index contributed by atoms with van der Waals surface area (Å²) in [6, 6.07) is 7.43. The zero-order valence-electron chi connectivity index (χ0n) is 11.8. The Morgan fingerprint density at radius 1 is 1.43 bits per heavy atom. The van der Waals surface area contributed by atoms with E-state index in [0.29, 0.717) is 5.82 Å². The molecule has 6 nitrogen and oxygen atoms in total. The first kappa shape index (κ1) is 14.8. The molecule has 2 N–H and O–H groups in total. The first-order valence-electron chi connectivity index (χ1n) is 6.50. The number of amides is 2. The first-order chi connectivity index (χ1) is 10.0. The number of urea groups is 1. The van der Waals surface area contributed by atoms with Crippen molar-refractivity contribution in [2.24, 2.45) is 7.05 Å². The van der Waals surface area contributed by atoms with Crippen LogP contribution >= 0.6 is 0 Å². The molecule has 21 heavy (non-hydrogen) atoms. The van der Waals surface area contributed by atoms with E-state index in [-0.39, 0.29) is 18.4 Å². The summed E-state index contributed by atoms with van der Waals surface area (Å²) in [6.07, 6.45) is 1.36. The van der Waals surface area contributed by atoms with Crippen molar-refractivity contribution in [1.82, 2.24) is 15.1 Å². The van der Waals surface area contributed by atoms with Crippen molar-refractivity contribution in [1.29, 1.82) is 0 Å². The van der Waals surface area contributed by atoms with Gasteiger partial charge in [-0.05, 0) is 19.1 Å². The molecule has 2 amide bonds. The zero-order valence-corrected chi connectivity index (χ0v) is 11.8. The number of aromatic nitrogens is 2. The van der Waals surface area contributed by atoms with E-state index < -0.39 is 11.8 Å². The molecule has 1 heterocycles. The molecule has 0 spiro atoms. The van der Waals surface area contributed by atoms with Gasteiger partial charge in [-0.25, -0.2) is 9.18 Å². The van der Waals surface area contributed by atoms with Gasteiger partial charge in [0.2, 0.25) is 0 Å². The molecule has 0 saturated carbocycles. The Kier molecular flexibility index (Phi) is 4.76. The Morgan fingerprint density at radius 3 is 2.86 bits per heavy atom. The summed E-state index contributed by atoms with van der Waals surface area (Å²) in [6.45, 7) is 1.99. The third-order valence-corrected chi connectivity index (χ3v) is 2.67. The molecule has 2 rings (SSSR count). The minimum Gasteiger partial charge on any atom is -0.486 e. The number of aryl methyl sites for hydroxylation is 1. The third kappa shape index (κ3) is 4.48. The van der Waals surface area contributed by atoms with Crippen LogP contribution in [0.4, 0.5) is 15.0 Å². The van der Waals surface area contributed by atoms with Crippen LogP contribution in [0.2, 0.25) is 0 Å². The van der Waals surface area contributed by atoms with E-state index in [1.165, 1.54) is 6.07 Å². The van der Waals surface area contributed by atoms with Crippen LogP contribution in [0.5, 0.6) is 5.75 Å². The average Bonchev–Trinajstić information content (AvgIpc) is 2.84. The topological polar surface area (TPSA) is 68.2 Å². The maximum Gasteiger partial charge on any atom is 0.320 e. The van der Waals surface area contributed by atoms with Crippen molar-refractivity contribution in [2.45, 2.75) is 13.0 Å². The lowest BCUT2D eigenvalue weighted by molar-refractivity contribution is 0.205. The molecular weight excluding hydrogens is 275 g/mol. The van der Waals surface area contributed by atoms with Crippen LogP contribution in [0.15, 0.2) is 36.5 Å². The molecule has 1 atom stereocenters. The van der Waals surface area contributed by atoms with E-state index in [2.05, 4.69) is 15.7 Å².